The van der Waals surface area contributed by atoms with E-state index in [-0.39, 0.29) is 5.78 Å². The second kappa shape index (κ2) is 7.89. The Hall–Kier alpha value is -2.83. The topological polar surface area (TPSA) is 17.1 Å². The Kier molecular flexibility index (Phi) is 5.68. The largest absolute Gasteiger partial charge is 0.416 e. The number of hydrogen-bond donors (Lipinski definition) is 0. The minimum atomic E-state index is -4.43. The Morgan fingerprint density at radius 3 is 1.28 bits per heavy atom. The molecule has 0 bridgehead atoms. The fourth-order valence-corrected chi connectivity index (χ4v) is 3.12. The lowest BCUT2D eigenvalue weighted by atomic mass is 9.86. The van der Waals surface area contributed by atoms with Gasteiger partial charge in [-0.15, -0.1) is 0 Å². The van der Waals surface area contributed by atoms with Gasteiger partial charge in [-0.05, 0) is 66.8 Å². The van der Waals surface area contributed by atoms with E-state index in [1.807, 2.05) is 0 Å². The van der Waals surface area contributed by atoms with Crippen molar-refractivity contribution in [1.29, 1.82) is 0 Å². The molecule has 0 spiro atoms. The second-order valence-corrected chi connectivity index (χ2v) is 6.76. The maximum atomic E-state index is 12.7. The van der Waals surface area contributed by atoms with Gasteiger partial charge in [-0.2, -0.15) is 26.3 Å². The third-order valence-electron chi connectivity index (χ3n) is 4.63. The zero-order valence-corrected chi connectivity index (χ0v) is 15.1. The van der Waals surface area contributed by atoms with Gasteiger partial charge in [0.2, 0.25) is 0 Å². The molecule has 0 radical (unpaired) electrons. The van der Waals surface area contributed by atoms with E-state index in [2.05, 4.69) is 0 Å². The number of ketones is 1. The minimum absolute atomic E-state index is 0.240. The van der Waals surface area contributed by atoms with Gasteiger partial charge in [-0.1, -0.05) is 24.3 Å². The summed E-state index contributed by atoms with van der Waals surface area (Å²) in [6.45, 7) is 0. The lowest BCUT2D eigenvalue weighted by Crippen LogP contribution is -2.12. The first kappa shape index (κ1) is 20.9. The number of halogens is 6. The Labute approximate surface area is 163 Å². The Balaban J connectivity index is 1.81. The van der Waals surface area contributed by atoms with E-state index in [1.165, 1.54) is 24.3 Å². The number of hydrogen-bond acceptors (Lipinski definition) is 1. The molecule has 0 amide bonds. The van der Waals surface area contributed by atoms with Crippen molar-refractivity contribution in [3.8, 4) is 0 Å². The summed E-state index contributed by atoms with van der Waals surface area (Å²) in [6, 6.07) is 9.04. The number of allylic oxidation sites excluding steroid dienone is 2. The molecule has 29 heavy (non-hydrogen) atoms. The van der Waals surface area contributed by atoms with Crippen LogP contribution in [0.25, 0.3) is 12.2 Å². The molecule has 1 saturated carbocycles. The smallest absolute Gasteiger partial charge is 0.289 e. The molecule has 1 aliphatic rings. The highest BCUT2D eigenvalue weighted by molar-refractivity contribution is 6.13. The quantitative estimate of drug-likeness (QED) is 0.387. The Morgan fingerprint density at radius 2 is 0.966 bits per heavy atom. The molecule has 0 unspecified atom stereocenters. The summed E-state index contributed by atoms with van der Waals surface area (Å²) in [6.07, 6.45) is -4.09. The zero-order chi connectivity index (χ0) is 21.2. The van der Waals surface area contributed by atoms with Gasteiger partial charge in [0.25, 0.3) is 0 Å². The van der Waals surface area contributed by atoms with E-state index in [4.69, 9.17) is 0 Å². The maximum absolute atomic E-state index is 12.7. The summed E-state index contributed by atoms with van der Waals surface area (Å²) >= 11 is 0. The van der Waals surface area contributed by atoms with Crippen LogP contribution in [0.5, 0.6) is 0 Å². The van der Waals surface area contributed by atoms with Crippen molar-refractivity contribution in [2.75, 3.05) is 0 Å². The summed E-state index contributed by atoms with van der Waals surface area (Å²) in [4.78, 5) is 12.7. The van der Waals surface area contributed by atoms with E-state index in [0.29, 0.717) is 41.5 Å². The molecule has 0 saturated heterocycles. The molecule has 0 aromatic heterocycles. The monoisotopic (exact) mass is 410 g/mol. The molecule has 3 rings (SSSR count). The van der Waals surface area contributed by atoms with Crippen LogP contribution in [0.15, 0.2) is 59.7 Å². The first-order valence-electron chi connectivity index (χ1n) is 8.84. The van der Waals surface area contributed by atoms with E-state index in [9.17, 15) is 31.1 Å². The van der Waals surface area contributed by atoms with E-state index in [1.54, 1.807) is 12.2 Å². The SMILES string of the molecule is O=C1/C(=C\c2ccc(C(F)(F)F)cc2)CCC/C1=C/c1ccc(C(F)(F)F)cc1. The van der Waals surface area contributed by atoms with Crippen LogP contribution in [0.2, 0.25) is 0 Å². The number of benzene rings is 2. The summed E-state index contributed by atoms with van der Waals surface area (Å²) in [5.41, 5.74) is 0.368. The van der Waals surface area contributed by atoms with Crippen molar-refractivity contribution in [2.45, 2.75) is 31.6 Å². The highest BCUT2D eigenvalue weighted by Gasteiger charge is 2.30. The number of carbonyl (C=O) groups is 1. The van der Waals surface area contributed by atoms with Crippen LogP contribution in [-0.2, 0) is 17.1 Å². The van der Waals surface area contributed by atoms with Crippen LogP contribution in [0.1, 0.15) is 41.5 Å². The average molecular weight is 410 g/mol. The van der Waals surface area contributed by atoms with Gasteiger partial charge in [0.15, 0.2) is 5.78 Å². The molecule has 7 heteroatoms. The third kappa shape index (κ3) is 5.16. The number of alkyl halides is 6. The van der Waals surface area contributed by atoms with Gasteiger partial charge in [0.05, 0.1) is 11.1 Å². The van der Waals surface area contributed by atoms with Crippen LogP contribution >= 0.6 is 0 Å². The predicted octanol–water partition coefficient (Wildman–Crippen LogP) is 6.94. The van der Waals surface area contributed by atoms with Gasteiger partial charge >= 0.3 is 12.4 Å². The maximum Gasteiger partial charge on any atom is 0.416 e. The molecule has 0 heterocycles. The van der Waals surface area contributed by atoms with Crippen molar-refractivity contribution >= 4 is 17.9 Å². The second-order valence-electron chi connectivity index (χ2n) is 6.76. The molecule has 152 valence electrons. The highest BCUT2D eigenvalue weighted by Crippen LogP contribution is 2.32. The van der Waals surface area contributed by atoms with Crippen molar-refractivity contribution in [1.82, 2.24) is 0 Å². The summed E-state index contributed by atoms with van der Waals surface area (Å²) in [5, 5.41) is 0. The average Bonchev–Trinajstić information content (AvgIpc) is 2.64. The summed E-state index contributed by atoms with van der Waals surface area (Å²) in [5.74, 6) is -0.240. The van der Waals surface area contributed by atoms with Crippen LogP contribution in [0.3, 0.4) is 0 Å². The lowest BCUT2D eigenvalue weighted by molar-refractivity contribution is -0.138. The van der Waals surface area contributed by atoms with Gasteiger partial charge in [-0.3, -0.25) is 4.79 Å². The Morgan fingerprint density at radius 1 is 0.621 bits per heavy atom. The van der Waals surface area contributed by atoms with E-state index >= 15 is 0 Å². The molecular weight excluding hydrogens is 394 g/mol. The van der Waals surface area contributed by atoms with Gasteiger partial charge in [0.1, 0.15) is 0 Å². The summed E-state index contributed by atoms with van der Waals surface area (Å²) < 4.78 is 75.9. The molecule has 0 atom stereocenters. The van der Waals surface area contributed by atoms with Crippen molar-refractivity contribution in [3.05, 3.63) is 81.9 Å². The number of rotatable bonds is 2. The fraction of sp³-hybridized carbons (Fsp3) is 0.227. The molecule has 0 aliphatic heterocycles. The van der Waals surface area contributed by atoms with Crippen molar-refractivity contribution in [2.24, 2.45) is 0 Å². The predicted molar refractivity (Wildman–Crippen MR) is 97.7 cm³/mol. The van der Waals surface area contributed by atoms with Crippen LogP contribution < -0.4 is 0 Å². The highest BCUT2D eigenvalue weighted by atomic mass is 19.4. The van der Waals surface area contributed by atoms with Crippen LogP contribution in [0, 0.1) is 0 Å². The van der Waals surface area contributed by atoms with E-state index < -0.39 is 23.5 Å². The minimum Gasteiger partial charge on any atom is -0.289 e. The molecule has 2 aromatic carbocycles. The first-order valence-corrected chi connectivity index (χ1v) is 8.84. The van der Waals surface area contributed by atoms with Crippen molar-refractivity contribution in [3.63, 3.8) is 0 Å². The zero-order valence-electron chi connectivity index (χ0n) is 15.1. The molecule has 2 aromatic rings. The van der Waals surface area contributed by atoms with Crippen LogP contribution in [0.4, 0.5) is 26.3 Å². The fourth-order valence-electron chi connectivity index (χ4n) is 3.12. The Bertz CT molecular complexity index is 867. The molecular formula is C22H16F6O. The van der Waals surface area contributed by atoms with Gasteiger partial charge < -0.3 is 0 Å². The first-order chi connectivity index (χ1) is 13.5. The number of Topliss-reactive ketones (excluding diaryl/α,β-unsaturated/α-hetero) is 1. The number of carbonyl (C=O) groups excluding carboxylic acids is 1. The standard InChI is InChI=1S/C22H16F6O/c23-21(24,25)18-8-4-14(5-9-18)12-16-2-1-3-17(20(16)29)13-15-6-10-19(11-7-15)22(26,27)28/h4-13H,1-3H2/b16-12-,17-13-. The third-order valence-corrected chi connectivity index (χ3v) is 4.63. The van der Waals surface area contributed by atoms with Crippen molar-refractivity contribution < 1.29 is 31.1 Å². The van der Waals surface area contributed by atoms with Gasteiger partial charge in [-0.25, -0.2) is 0 Å². The summed E-state index contributed by atoms with van der Waals surface area (Å²) in [7, 11) is 0. The lowest BCUT2D eigenvalue weighted by Gasteiger charge is -2.17. The molecule has 1 fully saturated rings. The molecule has 1 aliphatic carbocycles. The van der Waals surface area contributed by atoms with Crippen LogP contribution in [-0.4, -0.2) is 5.78 Å². The van der Waals surface area contributed by atoms with E-state index in [0.717, 1.165) is 24.3 Å². The molecule has 0 N–H and O–H groups in total. The normalized spacial score (nSPS) is 18.5. The molecule has 1 nitrogen and oxygen atoms in total. The van der Waals surface area contributed by atoms with Gasteiger partial charge in [0, 0.05) is 11.1 Å².